The molecular formula is C18H36N2O. The van der Waals surface area contributed by atoms with E-state index in [1.54, 1.807) is 0 Å². The van der Waals surface area contributed by atoms with Gasteiger partial charge in [-0.15, -0.1) is 0 Å². The van der Waals surface area contributed by atoms with Gasteiger partial charge in [-0.05, 0) is 52.6 Å². The molecule has 0 bridgehead atoms. The first-order valence-corrected chi connectivity index (χ1v) is 9.00. The van der Waals surface area contributed by atoms with E-state index in [4.69, 9.17) is 4.74 Å². The third-order valence-corrected chi connectivity index (χ3v) is 5.47. The second kappa shape index (κ2) is 7.43. The molecule has 0 aromatic carbocycles. The Morgan fingerprint density at radius 3 is 2.43 bits per heavy atom. The van der Waals surface area contributed by atoms with E-state index < -0.39 is 0 Å². The first kappa shape index (κ1) is 17.2. The molecule has 2 aliphatic rings. The van der Waals surface area contributed by atoms with E-state index >= 15 is 0 Å². The van der Waals surface area contributed by atoms with Gasteiger partial charge in [-0.3, -0.25) is 0 Å². The van der Waals surface area contributed by atoms with Gasteiger partial charge in [-0.1, -0.05) is 26.7 Å². The minimum atomic E-state index is 0.456. The predicted octanol–water partition coefficient (Wildman–Crippen LogP) is 3.29. The maximum atomic E-state index is 6.04. The van der Waals surface area contributed by atoms with Gasteiger partial charge in [0.05, 0.1) is 6.10 Å². The molecule has 0 aromatic rings. The molecule has 3 atom stereocenters. The van der Waals surface area contributed by atoms with Gasteiger partial charge in [0, 0.05) is 30.7 Å². The number of hydrogen-bond acceptors (Lipinski definition) is 3. The highest BCUT2D eigenvalue weighted by atomic mass is 16.5. The molecule has 1 N–H and O–H groups in total. The molecule has 124 valence electrons. The summed E-state index contributed by atoms with van der Waals surface area (Å²) in [7, 11) is 4.37. The molecule has 2 rings (SSSR count). The van der Waals surface area contributed by atoms with Crippen molar-refractivity contribution < 1.29 is 4.74 Å². The topological polar surface area (TPSA) is 24.5 Å². The zero-order valence-corrected chi connectivity index (χ0v) is 14.8. The van der Waals surface area contributed by atoms with E-state index in [9.17, 15) is 0 Å². The fraction of sp³-hybridized carbons (Fsp3) is 1.00. The lowest BCUT2D eigenvalue weighted by Crippen LogP contribution is -2.65. The van der Waals surface area contributed by atoms with Crippen molar-refractivity contribution in [1.82, 2.24) is 10.2 Å². The Kier molecular flexibility index (Phi) is 6.10. The van der Waals surface area contributed by atoms with E-state index in [0.29, 0.717) is 23.6 Å². The second-order valence-corrected chi connectivity index (χ2v) is 7.93. The standard InChI is InChI=1S/C18H36N2O/c1-6-21-17-12-16(18(17)9-7-8-10-18)19-15(11-14(2)3)13-20(4)5/h14-17,19H,6-13H2,1-5H3. The summed E-state index contributed by atoms with van der Waals surface area (Å²) >= 11 is 0. The maximum Gasteiger partial charge on any atom is 0.0661 e. The summed E-state index contributed by atoms with van der Waals surface area (Å²) in [5.41, 5.74) is 0.456. The van der Waals surface area contributed by atoms with Crippen LogP contribution in [0.3, 0.4) is 0 Å². The third kappa shape index (κ3) is 4.00. The van der Waals surface area contributed by atoms with Crippen molar-refractivity contribution >= 4 is 0 Å². The summed E-state index contributed by atoms with van der Waals surface area (Å²) in [6, 6.07) is 1.30. The highest BCUT2D eigenvalue weighted by Gasteiger charge is 2.56. The van der Waals surface area contributed by atoms with Gasteiger partial charge in [-0.25, -0.2) is 0 Å². The van der Waals surface area contributed by atoms with Gasteiger partial charge in [0.15, 0.2) is 0 Å². The summed E-state index contributed by atoms with van der Waals surface area (Å²) < 4.78 is 6.04. The van der Waals surface area contributed by atoms with Crippen molar-refractivity contribution in [2.45, 2.75) is 77.5 Å². The number of hydrogen-bond donors (Lipinski definition) is 1. The summed E-state index contributed by atoms with van der Waals surface area (Å²) in [5, 5.41) is 4.02. The first-order chi connectivity index (χ1) is 9.98. The number of ether oxygens (including phenoxy) is 1. The van der Waals surface area contributed by atoms with Crippen molar-refractivity contribution in [3.05, 3.63) is 0 Å². The largest absolute Gasteiger partial charge is 0.378 e. The molecule has 2 fully saturated rings. The lowest BCUT2D eigenvalue weighted by atomic mass is 9.60. The van der Waals surface area contributed by atoms with Crippen LogP contribution in [0, 0.1) is 11.3 Å². The monoisotopic (exact) mass is 296 g/mol. The van der Waals surface area contributed by atoms with Crippen molar-refractivity contribution in [2.24, 2.45) is 11.3 Å². The molecule has 0 aromatic heterocycles. The molecule has 21 heavy (non-hydrogen) atoms. The van der Waals surface area contributed by atoms with Crippen molar-refractivity contribution in [2.75, 3.05) is 27.2 Å². The van der Waals surface area contributed by atoms with E-state index in [1.807, 2.05) is 0 Å². The fourth-order valence-corrected chi connectivity index (χ4v) is 4.61. The van der Waals surface area contributed by atoms with Crippen molar-refractivity contribution in [3.63, 3.8) is 0 Å². The van der Waals surface area contributed by atoms with Crippen LogP contribution in [0.4, 0.5) is 0 Å². The minimum absolute atomic E-state index is 0.456. The van der Waals surface area contributed by atoms with Gasteiger partial charge in [0.1, 0.15) is 0 Å². The van der Waals surface area contributed by atoms with Gasteiger partial charge in [0.2, 0.25) is 0 Å². The molecule has 3 heteroatoms. The molecule has 0 radical (unpaired) electrons. The normalized spacial score (nSPS) is 29.3. The summed E-state index contributed by atoms with van der Waals surface area (Å²) in [6.07, 6.45) is 8.52. The second-order valence-electron chi connectivity index (χ2n) is 7.93. The summed E-state index contributed by atoms with van der Waals surface area (Å²) in [4.78, 5) is 2.32. The molecular weight excluding hydrogens is 260 g/mol. The number of nitrogens with one attached hydrogen (secondary N) is 1. The molecule has 2 saturated carbocycles. The molecule has 0 amide bonds. The molecule has 0 heterocycles. The Morgan fingerprint density at radius 2 is 1.90 bits per heavy atom. The minimum Gasteiger partial charge on any atom is -0.378 e. The Bertz CT molecular complexity index is 300. The lowest BCUT2D eigenvalue weighted by molar-refractivity contribution is -0.133. The average Bonchev–Trinajstić information content (AvgIpc) is 2.88. The quantitative estimate of drug-likeness (QED) is 0.744. The average molecular weight is 296 g/mol. The van der Waals surface area contributed by atoms with Crippen LogP contribution in [-0.2, 0) is 4.74 Å². The maximum absolute atomic E-state index is 6.04. The molecule has 0 saturated heterocycles. The van der Waals surface area contributed by atoms with Crippen LogP contribution < -0.4 is 5.32 Å². The first-order valence-electron chi connectivity index (χ1n) is 9.00. The Morgan fingerprint density at radius 1 is 1.24 bits per heavy atom. The Labute approximate surface area is 131 Å². The number of likely N-dealkylation sites (N-methyl/N-ethyl adjacent to an activating group) is 1. The highest BCUT2D eigenvalue weighted by molar-refractivity contribution is 5.10. The molecule has 3 unspecified atom stereocenters. The van der Waals surface area contributed by atoms with E-state index in [2.05, 4.69) is 45.1 Å². The molecule has 3 nitrogen and oxygen atoms in total. The zero-order valence-electron chi connectivity index (χ0n) is 14.8. The van der Waals surface area contributed by atoms with E-state index in [1.165, 1.54) is 38.5 Å². The van der Waals surface area contributed by atoms with Crippen LogP contribution in [-0.4, -0.2) is 50.3 Å². The van der Waals surface area contributed by atoms with Gasteiger partial charge in [0.25, 0.3) is 0 Å². The van der Waals surface area contributed by atoms with Crippen molar-refractivity contribution in [3.8, 4) is 0 Å². The van der Waals surface area contributed by atoms with Gasteiger partial charge < -0.3 is 15.0 Å². The van der Waals surface area contributed by atoms with Gasteiger partial charge in [-0.2, -0.15) is 0 Å². The van der Waals surface area contributed by atoms with Crippen LogP contribution in [0.1, 0.15) is 59.3 Å². The zero-order chi connectivity index (χ0) is 15.5. The summed E-state index contributed by atoms with van der Waals surface area (Å²) in [5.74, 6) is 0.754. The predicted molar refractivity (Wildman–Crippen MR) is 89.7 cm³/mol. The summed E-state index contributed by atoms with van der Waals surface area (Å²) in [6.45, 7) is 8.81. The molecule has 1 spiro atoms. The molecule has 0 aliphatic heterocycles. The molecule has 2 aliphatic carbocycles. The smallest absolute Gasteiger partial charge is 0.0661 e. The van der Waals surface area contributed by atoms with Crippen LogP contribution >= 0.6 is 0 Å². The van der Waals surface area contributed by atoms with Crippen LogP contribution in [0.5, 0.6) is 0 Å². The van der Waals surface area contributed by atoms with Gasteiger partial charge >= 0.3 is 0 Å². The Hall–Kier alpha value is -0.120. The van der Waals surface area contributed by atoms with Crippen molar-refractivity contribution in [1.29, 1.82) is 0 Å². The van der Waals surface area contributed by atoms with E-state index in [0.717, 1.165) is 19.1 Å². The van der Waals surface area contributed by atoms with Crippen LogP contribution in [0.15, 0.2) is 0 Å². The van der Waals surface area contributed by atoms with Crippen LogP contribution in [0.25, 0.3) is 0 Å². The fourth-order valence-electron chi connectivity index (χ4n) is 4.61. The SMILES string of the molecule is CCOC1CC(NC(CC(C)C)CN(C)C)C12CCCC2. The third-order valence-electron chi connectivity index (χ3n) is 5.47. The lowest BCUT2D eigenvalue weighted by Gasteiger charge is -2.55. The number of rotatable bonds is 8. The number of nitrogens with zero attached hydrogens (tertiary/aromatic N) is 1. The van der Waals surface area contributed by atoms with Crippen LogP contribution in [0.2, 0.25) is 0 Å². The van der Waals surface area contributed by atoms with E-state index in [-0.39, 0.29) is 0 Å². The Balaban J connectivity index is 1.96. The highest BCUT2D eigenvalue weighted by Crippen LogP contribution is 2.54.